The second-order valence-electron chi connectivity index (χ2n) is 4.99. The highest BCUT2D eigenvalue weighted by Crippen LogP contribution is 2.33. The standard InChI is InChI=1S/C17H29NO2/c1-6-13(5)17(18-7-2)14-10-11-15(19-8-3)16(12-14)20-9-4/h10-13,17-18H,6-9H2,1-5H3. The molecule has 0 bridgehead atoms. The van der Waals surface area contributed by atoms with Crippen molar-refractivity contribution in [2.24, 2.45) is 5.92 Å². The summed E-state index contributed by atoms with van der Waals surface area (Å²) >= 11 is 0. The molecule has 0 aliphatic carbocycles. The second-order valence-corrected chi connectivity index (χ2v) is 4.99. The summed E-state index contributed by atoms with van der Waals surface area (Å²) in [5.74, 6) is 2.26. The SMILES string of the molecule is CCNC(c1ccc(OCC)c(OCC)c1)C(C)CC. The van der Waals surface area contributed by atoms with Crippen molar-refractivity contribution in [2.75, 3.05) is 19.8 Å². The molecule has 0 saturated carbocycles. The predicted octanol–water partition coefficient (Wildman–Crippen LogP) is 4.18. The van der Waals surface area contributed by atoms with Crippen molar-refractivity contribution in [1.29, 1.82) is 0 Å². The fraction of sp³-hybridized carbons (Fsp3) is 0.647. The normalized spacial score (nSPS) is 13.8. The molecule has 3 heteroatoms. The maximum atomic E-state index is 5.72. The lowest BCUT2D eigenvalue weighted by Gasteiger charge is -2.25. The Morgan fingerprint density at radius 1 is 1.00 bits per heavy atom. The first-order valence-corrected chi connectivity index (χ1v) is 7.80. The van der Waals surface area contributed by atoms with Gasteiger partial charge in [0.25, 0.3) is 0 Å². The molecule has 0 aromatic heterocycles. The first-order valence-electron chi connectivity index (χ1n) is 7.80. The molecule has 0 heterocycles. The monoisotopic (exact) mass is 279 g/mol. The molecule has 1 N–H and O–H groups in total. The number of hydrogen-bond acceptors (Lipinski definition) is 3. The van der Waals surface area contributed by atoms with Gasteiger partial charge in [0.1, 0.15) is 0 Å². The van der Waals surface area contributed by atoms with Crippen molar-refractivity contribution >= 4 is 0 Å². The smallest absolute Gasteiger partial charge is 0.161 e. The number of rotatable bonds is 9. The second kappa shape index (κ2) is 8.85. The summed E-state index contributed by atoms with van der Waals surface area (Å²) in [4.78, 5) is 0. The maximum absolute atomic E-state index is 5.72. The highest BCUT2D eigenvalue weighted by atomic mass is 16.5. The van der Waals surface area contributed by atoms with Crippen LogP contribution < -0.4 is 14.8 Å². The van der Waals surface area contributed by atoms with Crippen LogP contribution in [0.25, 0.3) is 0 Å². The lowest BCUT2D eigenvalue weighted by Crippen LogP contribution is -2.26. The lowest BCUT2D eigenvalue weighted by molar-refractivity contribution is 0.286. The lowest BCUT2D eigenvalue weighted by atomic mass is 9.92. The third-order valence-corrected chi connectivity index (χ3v) is 3.56. The van der Waals surface area contributed by atoms with Gasteiger partial charge in [-0.25, -0.2) is 0 Å². The van der Waals surface area contributed by atoms with Gasteiger partial charge in [-0.05, 0) is 44.0 Å². The van der Waals surface area contributed by atoms with E-state index in [1.807, 2.05) is 19.9 Å². The van der Waals surface area contributed by atoms with E-state index in [2.05, 4.69) is 38.2 Å². The van der Waals surface area contributed by atoms with Crippen LogP contribution in [0.5, 0.6) is 11.5 Å². The Hall–Kier alpha value is -1.22. The molecule has 3 nitrogen and oxygen atoms in total. The molecule has 0 saturated heterocycles. The Balaban J connectivity index is 3.06. The van der Waals surface area contributed by atoms with Crippen LogP contribution in [-0.2, 0) is 0 Å². The average molecular weight is 279 g/mol. The van der Waals surface area contributed by atoms with Gasteiger partial charge in [0.05, 0.1) is 13.2 Å². The average Bonchev–Trinajstić information content (AvgIpc) is 2.46. The number of benzene rings is 1. The van der Waals surface area contributed by atoms with Gasteiger partial charge >= 0.3 is 0 Å². The molecule has 0 spiro atoms. The van der Waals surface area contributed by atoms with Crippen molar-refractivity contribution in [3.8, 4) is 11.5 Å². The van der Waals surface area contributed by atoms with Crippen molar-refractivity contribution in [1.82, 2.24) is 5.32 Å². The summed E-state index contributed by atoms with van der Waals surface area (Å²) in [7, 11) is 0. The summed E-state index contributed by atoms with van der Waals surface area (Å²) < 4.78 is 11.3. The Morgan fingerprint density at radius 3 is 2.20 bits per heavy atom. The first kappa shape index (κ1) is 16.8. The van der Waals surface area contributed by atoms with E-state index in [4.69, 9.17) is 9.47 Å². The van der Waals surface area contributed by atoms with Crippen LogP contribution in [0.3, 0.4) is 0 Å². The Bertz CT molecular complexity index is 393. The molecule has 1 aromatic rings. The molecule has 20 heavy (non-hydrogen) atoms. The molecule has 0 aliphatic rings. The van der Waals surface area contributed by atoms with E-state index in [9.17, 15) is 0 Å². The third-order valence-electron chi connectivity index (χ3n) is 3.56. The van der Waals surface area contributed by atoms with E-state index >= 15 is 0 Å². The van der Waals surface area contributed by atoms with E-state index in [0.29, 0.717) is 25.2 Å². The molecule has 1 rings (SSSR count). The van der Waals surface area contributed by atoms with E-state index < -0.39 is 0 Å². The molecular weight excluding hydrogens is 250 g/mol. The van der Waals surface area contributed by atoms with E-state index in [0.717, 1.165) is 24.5 Å². The minimum atomic E-state index is 0.361. The van der Waals surface area contributed by atoms with Crippen LogP contribution in [0.2, 0.25) is 0 Å². The fourth-order valence-corrected chi connectivity index (χ4v) is 2.36. The molecule has 0 amide bonds. The van der Waals surface area contributed by atoms with Crippen LogP contribution in [0.4, 0.5) is 0 Å². The largest absolute Gasteiger partial charge is 0.490 e. The van der Waals surface area contributed by atoms with Gasteiger partial charge < -0.3 is 14.8 Å². The summed E-state index contributed by atoms with van der Waals surface area (Å²) in [6, 6.07) is 6.65. The number of ether oxygens (including phenoxy) is 2. The highest BCUT2D eigenvalue weighted by molar-refractivity contribution is 5.44. The summed E-state index contributed by atoms with van der Waals surface area (Å²) in [6.07, 6.45) is 1.15. The van der Waals surface area contributed by atoms with Gasteiger partial charge in [-0.1, -0.05) is 33.3 Å². The first-order chi connectivity index (χ1) is 9.67. The van der Waals surface area contributed by atoms with Crippen LogP contribution in [0.1, 0.15) is 52.6 Å². The van der Waals surface area contributed by atoms with E-state index in [1.54, 1.807) is 0 Å². The van der Waals surface area contributed by atoms with Crippen LogP contribution in [-0.4, -0.2) is 19.8 Å². The summed E-state index contributed by atoms with van der Waals surface area (Å²) in [6.45, 7) is 12.9. The molecule has 2 atom stereocenters. The minimum Gasteiger partial charge on any atom is -0.490 e. The molecule has 0 aliphatic heterocycles. The zero-order chi connectivity index (χ0) is 15.0. The van der Waals surface area contributed by atoms with Gasteiger partial charge in [0.2, 0.25) is 0 Å². The van der Waals surface area contributed by atoms with Gasteiger partial charge in [0.15, 0.2) is 11.5 Å². The Labute approximate surface area is 123 Å². The van der Waals surface area contributed by atoms with E-state index in [-0.39, 0.29) is 0 Å². The number of hydrogen-bond donors (Lipinski definition) is 1. The Kier molecular flexibility index (Phi) is 7.45. The topological polar surface area (TPSA) is 30.5 Å². The van der Waals surface area contributed by atoms with Gasteiger partial charge in [0, 0.05) is 6.04 Å². The summed E-state index contributed by atoms with van der Waals surface area (Å²) in [5.41, 5.74) is 1.27. The van der Waals surface area contributed by atoms with Crippen molar-refractivity contribution < 1.29 is 9.47 Å². The van der Waals surface area contributed by atoms with Gasteiger partial charge in [-0.2, -0.15) is 0 Å². The predicted molar refractivity (Wildman–Crippen MR) is 84.7 cm³/mol. The van der Waals surface area contributed by atoms with Crippen LogP contribution in [0, 0.1) is 5.92 Å². The van der Waals surface area contributed by atoms with Gasteiger partial charge in [-0.3, -0.25) is 0 Å². The molecule has 0 fully saturated rings. The zero-order valence-electron chi connectivity index (χ0n) is 13.5. The summed E-state index contributed by atoms with van der Waals surface area (Å²) in [5, 5.41) is 3.57. The zero-order valence-corrected chi connectivity index (χ0v) is 13.5. The quantitative estimate of drug-likeness (QED) is 0.735. The van der Waals surface area contributed by atoms with Crippen molar-refractivity contribution in [3.63, 3.8) is 0 Å². The molecule has 0 radical (unpaired) electrons. The fourth-order valence-electron chi connectivity index (χ4n) is 2.36. The van der Waals surface area contributed by atoms with Crippen LogP contribution >= 0.6 is 0 Å². The molecule has 1 aromatic carbocycles. The third kappa shape index (κ3) is 4.41. The van der Waals surface area contributed by atoms with Crippen molar-refractivity contribution in [3.05, 3.63) is 23.8 Å². The molecule has 114 valence electrons. The molecular formula is C17H29NO2. The number of nitrogens with one attached hydrogen (secondary N) is 1. The molecule has 2 unspecified atom stereocenters. The van der Waals surface area contributed by atoms with Gasteiger partial charge in [-0.15, -0.1) is 0 Å². The van der Waals surface area contributed by atoms with E-state index in [1.165, 1.54) is 5.56 Å². The minimum absolute atomic E-state index is 0.361. The highest BCUT2D eigenvalue weighted by Gasteiger charge is 2.18. The van der Waals surface area contributed by atoms with Crippen molar-refractivity contribution in [2.45, 2.75) is 47.1 Å². The van der Waals surface area contributed by atoms with Crippen LogP contribution in [0.15, 0.2) is 18.2 Å². The Morgan fingerprint density at radius 2 is 1.65 bits per heavy atom. The maximum Gasteiger partial charge on any atom is 0.161 e.